The third kappa shape index (κ3) is 4.07. The maximum atomic E-state index is 13.4. The Bertz CT molecular complexity index is 1460. The smallest absolute Gasteiger partial charge is 0.262 e. The van der Waals surface area contributed by atoms with Crippen molar-refractivity contribution >= 4 is 33.7 Å². The van der Waals surface area contributed by atoms with Gasteiger partial charge in [-0.3, -0.25) is 9.36 Å². The Morgan fingerprint density at radius 3 is 2.38 bits per heavy atom. The molecule has 0 amide bonds. The van der Waals surface area contributed by atoms with Crippen molar-refractivity contribution in [3.63, 3.8) is 0 Å². The lowest BCUT2D eigenvalue weighted by Crippen LogP contribution is -2.45. The summed E-state index contributed by atoms with van der Waals surface area (Å²) >= 11 is 6.69. The molecule has 0 bridgehead atoms. The number of ether oxygens (including phenoxy) is 1. The van der Waals surface area contributed by atoms with E-state index in [1.54, 1.807) is 22.9 Å². The van der Waals surface area contributed by atoms with Crippen molar-refractivity contribution in [1.29, 1.82) is 0 Å². The van der Waals surface area contributed by atoms with Gasteiger partial charge in [-0.15, -0.1) is 0 Å². The van der Waals surface area contributed by atoms with Crippen molar-refractivity contribution in [2.24, 2.45) is 0 Å². The van der Waals surface area contributed by atoms with E-state index >= 15 is 0 Å². The molecule has 0 radical (unpaired) electrons. The summed E-state index contributed by atoms with van der Waals surface area (Å²) in [5.41, 5.74) is 4.09. The summed E-state index contributed by atoms with van der Waals surface area (Å²) in [4.78, 5) is 19.1. The van der Waals surface area contributed by atoms with Crippen LogP contribution in [0.4, 0.5) is 11.4 Å². The van der Waals surface area contributed by atoms with Crippen LogP contribution in [0.2, 0.25) is 5.02 Å². The fourth-order valence-electron chi connectivity index (χ4n) is 4.73. The molecule has 0 aliphatic carbocycles. The monoisotopic (exact) mass is 469 g/mol. The predicted molar refractivity (Wildman–Crippen MR) is 138 cm³/mol. The van der Waals surface area contributed by atoms with Crippen molar-refractivity contribution in [3.05, 3.63) is 99.7 Å². The van der Waals surface area contributed by atoms with Gasteiger partial charge < -0.3 is 9.64 Å². The molecule has 170 valence electrons. The zero-order valence-electron chi connectivity index (χ0n) is 19.0. The fraction of sp³-hybridized carbons (Fsp3) is 0.214. The molecule has 34 heavy (non-hydrogen) atoms. The molecule has 1 aromatic heterocycles. The Labute approximate surface area is 203 Å². The lowest BCUT2D eigenvalue weighted by Gasteiger charge is -2.37. The molecule has 3 aromatic carbocycles. The highest BCUT2D eigenvalue weighted by molar-refractivity contribution is 6.33. The van der Waals surface area contributed by atoms with Crippen molar-refractivity contribution < 1.29 is 4.74 Å². The number of aromatic nitrogens is 1. The molecule has 0 saturated carbocycles. The first-order valence-electron chi connectivity index (χ1n) is 11.3. The number of hydrogen-bond acceptors (Lipinski definition) is 3. The normalized spacial score (nSPS) is 18.1. The Morgan fingerprint density at radius 2 is 1.71 bits per heavy atom. The lowest BCUT2D eigenvalue weighted by atomic mass is 9.99. The van der Waals surface area contributed by atoms with Crippen LogP contribution in [-0.4, -0.2) is 29.9 Å². The molecule has 0 spiro atoms. The van der Waals surface area contributed by atoms with E-state index in [0.29, 0.717) is 16.1 Å². The van der Waals surface area contributed by atoms with E-state index in [9.17, 15) is 4.79 Å². The van der Waals surface area contributed by atoms with Gasteiger partial charge in [0, 0.05) is 24.7 Å². The van der Waals surface area contributed by atoms with Gasteiger partial charge in [0.05, 0.1) is 35.2 Å². The van der Waals surface area contributed by atoms with E-state index in [1.165, 1.54) is 0 Å². The van der Waals surface area contributed by atoms with E-state index in [-0.39, 0.29) is 17.8 Å². The minimum Gasteiger partial charge on any atom is -0.372 e. The lowest BCUT2D eigenvalue weighted by molar-refractivity contribution is -0.00520. The molecular formula is C28H24ClN3O2. The Balaban J connectivity index is 1.53. The third-order valence-corrected chi connectivity index (χ3v) is 6.53. The van der Waals surface area contributed by atoms with Gasteiger partial charge in [-0.1, -0.05) is 48.0 Å². The molecule has 1 fully saturated rings. The summed E-state index contributed by atoms with van der Waals surface area (Å²) in [5, 5.41) is 2.11. The van der Waals surface area contributed by atoms with Crippen LogP contribution in [-0.2, 0) is 4.74 Å². The van der Waals surface area contributed by atoms with Crippen LogP contribution in [0.1, 0.15) is 13.8 Å². The first-order valence-corrected chi connectivity index (χ1v) is 11.6. The van der Waals surface area contributed by atoms with Gasteiger partial charge in [-0.25, -0.2) is 4.85 Å². The SMILES string of the molecule is [C-]#[N+]c1ccc(-c2cccc3c(=O)n(-c4ccc(N5C[C@@H](C)O[C@@H](C)C5)c(Cl)c4)ccc23)cc1. The second kappa shape index (κ2) is 8.98. The number of nitrogens with zero attached hydrogens (tertiary/aromatic N) is 3. The summed E-state index contributed by atoms with van der Waals surface area (Å²) in [6, 6.07) is 20.9. The molecule has 6 heteroatoms. The van der Waals surface area contributed by atoms with Crippen LogP contribution in [0, 0.1) is 6.57 Å². The largest absolute Gasteiger partial charge is 0.372 e. The molecule has 1 aliphatic rings. The van der Waals surface area contributed by atoms with E-state index in [0.717, 1.165) is 41.0 Å². The minimum atomic E-state index is -0.102. The number of hydrogen-bond donors (Lipinski definition) is 0. The van der Waals surface area contributed by atoms with Gasteiger partial charge >= 0.3 is 0 Å². The summed E-state index contributed by atoms with van der Waals surface area (Å²) in [5.74, 6) is 0. The van der Waals surface area contributed by atoms with Crippen LogP contribution in [0.5, 0.6) is 0 Å². The van der Waals surface area contributed by atoms with Crippen LogP contribution < -0.4 is 10.5 Å². The Kier molecular flexibility index (Phi) is 5.87. The first kappa shape index (κ1) is 22.2. The summed E-state index contributed by atoms with van der Waals surface area (Å²) in [6.07, 6.45) is 2.06. The topological polar surface area (TPSA) is 38.8 Å². The van der Waals surface area contributed by atoms with Crippen molar-refractivity contribution in [3.8, 4) is 16.8 Å². The molecular weight excluding hydrogens is 446 g/mol. The second-order valence-electron chi connectivity index (χ2n) is 8.71. The number of halogens is 1. The highest BCUT2D eigenvalue weighted by atomic mass is 35.5. The molecule has 5 nitrogen and oxygen atoms in total. The molecule has 2 heterocycles. The average Bonchev–Trinajstić information content (AvgIpc) is 2.83. The number of pyridine rings is 1. The molecule has 0 N–H and O–H groups in total. The highest BCUT2D eigenvalue weighted by Gasteiger charge is 2.24. The second-order valence-corrected chi connectivity index (χ2v) is 9.12. The third-order valence-electron chi connectivity index (χ3n) is 6.22. The van der Waals surface area contributed by atoms with E-state index in [2.05, 4.69) is 23.6 Å². The van der Waals surface area contributed by atoms with E-state index < -0.39 is 0 Å². The first-order chi connectivity index (χ1) is 16.4. The number of rotatable bonds is 3. The minimum absolute atomic E-state index is 0.102. The number of morpholine rings is 1. The van der Waals surface area contributed by atoms with Crippen molar-refractivity contribution in [1.82, 2.24) is 4.57 Å². The summed E-state index contributed by atoms with van der Waals surface area (Å²) in [6.45, 7) is 12.8. The molecule has 4 aromatic rings. The van der Waals surface area contributed by atoms with Gasteiger partial charge in [0.25, 0.3) is 5.56 Å². The maximum Gasteiger partial charge on any atom is 0.262 e. The Morgan fingerprint density at radius 1 is 0.971 bits per heavy atom. The van der Waals surface area contributed by atoms with Crippen LogP contribution in [0.15, 0.2) is 77.7 Å². The molecule has 1 aliphatic heterocycles. The van der Waals surface area contributed by atoms with Crippen LogP contribution in [0.3, 0.4) is 0 Å². The van der Waals surface area contributed by atoms with Crippen molar-refractivity contribution in [2.75, 3.05) is 18.0 Å². The quantitative estimate of drug-likeness (QED) is 0.322. The summed E-state index contributed by atoms with van der Waals surface area (Å²) < 4.78 is 7.47. The number of fused-ring (bicyclic) bond motifs is 1. The van der Waals surface area contributed by atoms with Gasteiger partial charge in [0.2, 0.25) is 0 Å². The predicted octanol–water partition coefficient (Wildman–Crippen LogP) is 6.48. The average molecular weight is 470 g/mol. The molecule has 0 unspecified atom stereocenters. The van der Waals surface area contributed by atoms with Gasteiger partial charge in [-0.2, -0.15) is 0 Å². The van der Waals surface area contributed by atoms with Crippen LogP contribution >= 0.6 is 11.6 Å². The van der Waals surface area contributed by atoms with Gasteiger partial charge in [0.1, 0.15) is 0 Å². The molecule has 5 rings (SSSR count). The number of anilines is 1. The number of benzene rings is 3. The van der Waals surface area contributed by atoms with Crippen molar-refractivity contribution in [2.45, 2.75) is 26.1 Å². The zero-order chi connectivity index (χ0) is 23.8. The molecule has 1 saturated heterocycles. The molecule has 2 atom stereocenters. The van der Waals surface area contributed by atoms with E-state index in [1.807, 2.05) is 54.6 Å². The standard InChI is InChI=1S/C28H24ClN3O2/c1-18-16-31(17-19(2)34-18)27-12-11-22(15-26(27)29)32-14-13-24-23(5-4-6-25(24)28(32)33)20-7-9-21(30-3)10-8-20/h4-15,18-19H,16-17H2,1-2H3/t18-,19+. The highest BCUT2D eigenvalue weighted by Crippen LogP contribution is 2.32. The van der Waals surface area contributed by atoms with Gasteiger partial charge in [0.15, 0.2) is 5.69 Å². The Hall–Kier alpha value is -3.59. The fourth-order valence-corrected chi connectivity index (χ4v) is 5.02. The van der Waals surface area contributed by atoms with E-state index in [4.69, 9.17) is 22.9 Å². The van der Waals surface area contributed by atoms with Crippen LogP contribution in [0.25, 0.3) is 32.4 Å². The summed E-state index contributed by atoms with van der Waals surface area (Å²) in [7, 11) is 0. The maximum absolute atomic E-state index is 13.4. The van der Waals surface area contributed by atoms with Gasteiger partial charge in [-0.05, 0) is 60.7 Å². The zero-order valence-corrected chi connectivity index (χ0v) is 19.8.